The summed E-state index contributed by atoms with van der Waals surface area (Å²) in [6, 6.07) is 0. The van der Waals surface area contributed by atoms with Crippen molar-refractivity contribution in [1.82, 2.24) is 9.97 Å². The number of rotatable bonds is 4. The van der Waals surface area contributed by atoms with Crippen LogP contribution in [0.5, 0.6) is 0 Å². The van der Waals surface area contributed by atoms with Crippen molar-refractivity contribution in [3.8, 4) is 0 Å². The minimum absolute atomic E-state index is 0.197. The fourth-order valence-corrected chi connectivity index (χ4v) is 3.77. The summed E-state index contributed by atoms with van der Waals surface area (Å²) in [5.74, 6) is 1.25. The van der Waals surface area contributed by atoms with E-state index >= 15 is 0 Å². The van der Waals surface area contributed by atoms with Crippen LogP contribution in [0.15, 0.2) is 11.4 Å². The number of carbonyl (C=O) groups is 1. The number of hydrogen-bond acceptors (Lipinski definition) is 6. The largest absolute Gasteiger partial charge is 0.462 e. The summed E-state index contributed by atoms with van der Waals surface area (Å²) in [4.78, 5) is 20.2. The van der Waals surface area contributed by atoms with Gasteiger partial charge in [-0.25, -0.2) is 14.8 Å². The molecule has 1 fully saturated rings. The first-order valence-corrected chi connectivity index (χ1v) is 8.35. The summed E-state index contributed by atoms with van der Waals surface area (Å²) in [5.41, 5.74) is 6.08. The molecule has 0 saturated heterocycles. The summed E-state index contributed by atoms with van der Waals surface area (Å²) in [5, 5.41) is 1.18. The van der Waals surface area contributed by atoms with Crippen LogP contribution in [-0.2, 0) is 4.74 Å². The summed E-state index contributed by atoms with van der Waals surface area (Å²) >= 11 is 1.66. The van der Waals surface area contributed by atoms with Crippen molar-refractivity contribution in [2.75, 3.05) is 12.3 Å². The first-order valence-electron chi connectivity index (χ1n) is 7.47. The number of thioether (sulfide) groups is 1. The molecule has 6 heteroatoms. The van der Waals surface area contributed by atoms with E-state index in [0.717, 1.165) is 11.8 Å². The second-order valence-electron chi connectivity index (χ2n) is 5.68. The third-order valence-corrected chi connectivity index (χ3v) is 5.28. The highest BCUT2D eigenvalue weighted by Gasteiger charge is 2.26. The van der Waals surface area contributed by atoms with Crippen LogP contribution in [-0.4, -0.2) is 27.8 Å². The van der Waals surface area contributed by atoms with E-state index in [1.165, 1.54) is 25.5 Å². The van der Waals surface area contributed by atoms with E-state index in [4.69, 9.17) is 10.5 Å². The Morgan fingerprint density at radius 3 is 2.81 bits per heavy atom. The van der Waals surface area contributed by atoms with Crippen molar-refractivity contribution in [2.24, 2.45) is 11.8 Å². The monoisotopic (exact) mass is 309 g/mol. The zero-order valence-corrected chi connectivity index (χ0v) is 13.7. The summed E-state index contributed by atoms with van der Waals surface area (Å²) in [6.07, 6.45) is 5.07. The minimum Gasteiger partial charge on any atom is -0.462 e. The Hall–Kier alpha value is -1.30. The normalized spacial score (nSPS) is 25.6. The molecular weight excluding hydrogens is 286 g/mol. The van der Waals surface area contributed by atoms with Gasteiger partial charge in [0.25, 0.3) is 0 Å². The maximum atomic E-state index is 11.7. The number of nitrogen functional groups attached to an aromatic ring is 1. The molecule has 1 saturated carbocycles. The van der Waals surface area contributed by atoms with Crippen LogP contribution in [0.1, 0.15) is 50.4 Å². The van der Waals surface area contributed by atoms with Crippen molar-refractivity contribution >= 4 is 23.5 Å². The number of aromatic nitrogens is 2. The van der Waals surface area contributed by atoms with Crippen molar-refractivity contribution in [2.45, 2.75) is 50.4 Å². The van der Waals surface area contributed by atoms with Crippen molar-refractivity contribution in [1.29, 1.82) is 0 Å². The molecule has 1 aliphatic rings. The van der Waals surface area contributed by atoms with Gasteiger partial charge in [-0.15, -0.1) is 0 Å². The van der Waals surface area contributed by atoms with Gasteiger partial charge >= 0.3 is 5.97 Å². The quantitative estimate of drug-likeness (QED) is 0.680. The van der Waals surface area contributed by atoms with E-state index in [1.807, 2.05) is 0 Å². The molecule has 1 aromatic rings. The lowest BCUT2D eigenvalue weighted by Gasteiger charge is -2.31. The number of nitrogens with two attached hydrogens (primary N) is 1. The number of ether oxygens (including phenoxy) is 1. The van der Waals surface area contributed by atoms with Gasteiger partial charge in [0.1, 0.15) is 11.4 Å². The third kappa shape index (κ3) is 4.09. The Kier molecular flexibility index (Phi) is 5.45. The molecule has 3 unspecified atom stereocenters. The van der Waals surface area contributed by atoms with E-state index in [1.54, 1.807) is 18.7 Å². The summed E-state index contributed by atoms with van der Waals surface area (Å²) < 4.78 is 4.92. The van der Waals surface area contributed by atoms with Gasteiger partial charge in [0.15, 0.2) is 5.16 Å². The number of esters is 1. The molecule has 2 N–H and O–H groups in total. The van der Waals surface area contributed by atoms with Crippen molar-refractivity contribution in [3.63, 3.8) is 0 Å². The lowest BCUT2D eigenvalue weighted by Crippen LogP contribution is -2.22. The van der Waals surface area contributed by atoms with Gasteiger partial charge in [0, 0.05) is 11.4 Å². The Labute approximate surface area is 130 Å². The minimum atomic E-state index is -0.466. The van der Waals surface area contributed by atoms with E-state index in [2.05, 4.69) is 23.8 Å². The van der Waals surface area contributed by atoms with Crippen LogP contribution >= 0.6 is 11.8 Å². The molecule has 0 aromatic carbocycles. The standard InChI is InChI=1S/C15H23N3O2S/c1-4-20-14(19)12-8-17-15(18-13(12)16)21-11-6-5-9(2)10(3)7-11/h8-11H,4-7H2,1-3H3,(H2,16,17,18). The predicted molar refractivity (Wildman–Crippen MR) is 84.2 cm³/mol. The number of carbonyl (C=O) groups excluding carboxylic acids is 1. The third-order valence-electron chi connectivity index (χ3n) is 4.11. The molecule has 0 bridgehead atoms. The molecule has 1 heterocycles. The Morgan fingerprint density at radius 1 is 1.43 bits per heavy atom. The lowest BCUT2D eigenvalue weighted by molar-refractivity contribution is 0.0526. The van der Waals surface area contributed by atoms with Crippen LogP contribution in [0.25, 0.3) is 0 Å². The zero-order valence-electron chi connectivity index (χ0n) is 12.8. The number of anilines is 1. The van der Waals surface area contributed by atoms with Gasteiger partial charge in [-0.05, 0) is 38.0 Å². The highest BCUT2D eigenvalue weighted by Crippen LogP contribution is 2.37. The zero-order chi connectivity index (χ0) is 15.4. The predicted octanol–water partition coefficient (Wildman–Crippen LogP) is 3.15. The topological polar surface area (TPSA) is 78.1 Å². The average molecular weight is 309 g/mol. The van der Waals surface area contributed by atoms with Gasteiger partial charge in [0.2, 0.25) is 0 Å². The van der Waals surface area contributed by atoms with Crippen LogP contribution in [0, 0.1) is 11.8 Å². The number of hydrogen-bond donors (Lipinski definition) is 1. The molecule has 2 rings (SSSR count). The molecule has 1 aliphatic carbocycles. The SMILES string of the molecule is CCOC(=O)c1cnc(SC2CCC(C)C(C)C2)nc1N. The molecule has 1 aromatic heterocycles. The smallest absolute Gasteiger partial charge is 0.343 e. The van der Waals surface area contributed by atoms with Crippen LogP contribution < -0.4 is 5.73 Å². The van der Waals surface area contributed by atoms with Gasteiger partial charge < -0.3 is 10.5 Å². The molecule has 0 amide bonds. The first kappa shape index (κ1) is 16.1. The fraction of sp³-hybridized carbons (Fsp3) is 0.667. The molecule has 0 radical (unpaired) electrons. The average Bonchev–Trinajstić information content (AvgIpc) is 2.43. The molecule has 3 atom stereocenters. The van der Waals surface area contributed by atoms with Gasteiger partial charge in [0.05, 0.1) is 6.61 Å². The highest BCUT2D eigenvalue weighted by molar-refractivity contribution is 7.99. The lowest BCUT2D eigenvalue weighted by atomic mass is 9.81. The molecule has 21 heavy (non-hydrogen) atoms. The summed E-state index contributed by atoms with van der Waals surface area (Å²) in [6.45, 7) is 6.68. The van der Waals surface area contributed by atoms with Gasteiger partial charge in [-0.2, -0.15) is 0 Å². The summed E-state index contributed by atoms with van der Waals surface area (Å²) in [7, 11) is 0. The van der Waals surface area contributed by atoms with Crippen molar-refractivity contribution < 1.29 is 9.53 Å². The second-order valence-corrected chi connectivity index (χ2v) is 6.95. The molecule has 116 valence electrons. The van der Waals surface area contributed by atoms with Crippen LogP contribution in [0.3, 0.4) is 0 Å². The van der Waals surface area contributed by atoms with E-state index in [0.29, 0.717) is 17.0 Å². The molecular formula is C15H23N3O2S. The van der Waals surface area contributed by atoms with Crippen molar-refractivity contribution in [3.05, 3.63) is 11.8 Å². The number of nitrogens with zero attached hydrogens (tertiary/aromatic N) is 2. The van der Waals surface area contributed by atoms with E-state index < -0.39 is 5.97 Å². The first-order chi connectivity index (χ1) is 10.0. The van der Waals surface area contributed by atoms with E-state index in [-0.39, 0.29) is 11.4 Å². The van der Waals surface area contributed by atoms with Gasteiger partial charge in [-0.1, -0.05) is 25.6 Å². The van der Waals surface area contributed by atoms with E-state index in [9.17, 15) is 4.79 Å². The second kappa shape index (κ2) is 7.11. The molecule has 0 aliphatic heterocycles. The maximum Gasteiger partial charge on any atom is 0.343 e. The van der Waals surface area contributed by atoms with Crippen LogP contribution in [0.2, 0.25) is 0 Å². The van der Waals surface area contributed by atoms with Gasteiger partial charge in [-0.3, -0.25) is 0 Å². The van der Waals surface area contributed by atoms with Crippen LogP contribution in [0.4, 0.5) is 5.82 Å². The Balaban J connectivity index is 2.02. The Morgan fingerprint density at radius 2 is 2.19 bits per heavy atom. The Bertz CT molecular complexity index is 510. The molecule has 5 nitrogen and oxygen atoms in total. The maximum absolute atomic E-state index is 11.7. The molecule has 0 spiro atoms. The highest BCUT2D eigenvalue weighted by atomic mass is 32.2. The fourth-order valence-electron chi connectivity index (χ4n) is 2.56.